The molecule has 5 heteroatoms. The van der Waals surface area contributed by atoms with Crippen molar-refractivity contribution in [3.05, 3.63) is 24.3 Å². The third kappa shape index (κ3) is 1.92. The molecule has 0 radical (unpaired) electrons. The van der Waals surface area contributed by atoms with E-state index in [0.717, 1.165) is 0 Å². The molecule has 1 heterocycles. The van der Waals surface area contributed by atoms with E-state index >= 15 is 0 Å². The van der Waals surface area contributed by atoms with Gasteiger partial charge in [-0.25, -0.2) is 4.18 Å². The Bertz CT molecular complexity index is 499. The highest BCUT2D eigenvalue weighted by atomic mass is 32.2. The van der Waals surface area contributed by atoms with Crippen LogP contribution >= 0.6 is 0 Å². The maximum atomic E-state index is 11.8. The Morgan fingerprint density at radius 2 is 1.81 bits per heavy atom. The number of hydrogen-bond donors (Lipinski definition) is 0. The van der Waals surface area contributed by atoms with E-state index in [1.807, 2.05) is 20.8 Å². The van der Waals surface area contributed by atoms with E-state index in [-0.39, 0.29) is 4.90 Å². The first-order chi connectivity index (χ1) is 7.31. The van der Waals surface area contributed by atoms with Gasteiger partial charge in [0.2, 0.25) is 6.29 Å². The molecule has 1 unspecified atom stereocenters. The minimum atomic E-state index is -3.70. The van der Waals surface area contributed by atoms with Crippen LogP contribution in [-0.2, 0) is 14.3 Å². The third-order valence-electron chi connectivity index (χ3n) is 2.27. The molecular weight excluding hydrogens is 228 g/mol. The van der Waals surface area contributed by atoms with Gasteiger partial charge in [0.15, 0.2) is 0 Å². The summed E-state index contributed by atoms with van der Waals surface area (Å²) in [6.45, 7) is 5.59. The van der Waals surface area contributed by atoms with Gasteiger partial charge in [0.1, 0.15) is 10.6 Å². The van der Waals surface area contributed by atoms with E-state index in [4.69, 9.17) is 8.92 Å². The Kier molecular flexibility index (Phi) is 2.47. The Morgan fingerprint density at radius 1 is 1.19 bits per heavy atom. The van der Waals surface area contributed by atoms with Crippen molar-refractivity contribution in [3.8, 4) is 5.75 Å². The molecule has 1 aromatic rings. The van der Waals surface area contributed by atoms with Crippen molar-refractivity contribution in [1.29, 1.82) is 0 Å². The van der Waals surface area contributed by atoms with Crippen molar-refractivity contribution in [2.24, 2.45) is 5.41 Å². The summed E-state index contributed by atoms with van der Waals surface area (Å²) in [5.74, 6) is 0.355. The number of para-hydroxylation sites is 1. The van der Waals surface area contributed by atoms with E-state index in [2.05, 4.69) is 0 Å². The second kappa shape index (κ2) is 3.46. The van der Waals surface area contributed by atoms with Crippen LogP contribution < -0.4 is 4.74 Å². The summed E-state index contributed by atoms with van der Waals surface area (Å²) in [5.41, 5.74) is -0.402. The Morgan fingerprint density at radius 3 is 2.44 bits per heavy atom. The number of hydrogen-bond acceptors (Lipinski definition) is 4. The smallest absolute Gasteiger partial charge is 0.303 e. The van der Waals surface area contributed by atoms with Gasteiger partial charge < -0.3 is 4.74 Å². The average molecular weight is 242 g/mol. The van der Waals surface area contributed by atoms with Crippen LogP contribution in [0.25, 0.3) is 0 Å². The average Bonchev–Trinajstić information content (AvgIpc) is 2.15. The van der Waals surface area contributed by atoms with Crippen LogP contribution in [-0.4, -0.2) is 14.7 Å². The highest BCUT2D eigenvalue weighted by Crippen LogP contribution is 2.37. The minimum Gasteiger partial charge on any atom is -0.462 e. The third-order valence-corrected chi connectivity index (χ3v) is 3.58. The second-order valence-electron chi connectivity index (χ2n) is 4.81. The molecule has 88 valence electrons. The molecule has 1 aliphatic rings. The molecule has 0 amide bonds. The predicted molar refractivity (Wildman–Crippen MR) is 58.6 cm³/mol. The van der Waals surface area contributed by atoms with Gasteiger partial charge in [-0.15, -0.1) is 0 Å². The molecule has 1 atom stereocenters. The van der Waals surface area contributed by atoms with Crippen molar-refractivity contribution in [2.45, 2.75) is 32.0 Å². The molecule has 0 saturated heterocycles. The van der Waals surface area contributed by atoms with Gasteiger partial charge in [-0.2, -0.15) is 8.42 Å². The molecule has 4 nitrogen and oxygen atoms in total. The summed E-state index contributed by atoms with van der Waals surface area (Å²) in [6.07, 6.45) is -0.785. The van der Waals surface area contributed by atoms with Gasteiger partial charge >= 0.3 is 10.1 Å². The second-order valence-corrected chi connectivity index (χ2v) is 6.35. The summed E-state index contributed by atoms with van der Waals surface area (Å²) in [5, 5.41) is 0. The van der Waals surface area contributed by atoms with Gasteiger partial charge in [0.25, 0.3) is 0 Å². The molecule has 0 aromatic heterocycles. The largest absolute Gasteiger partial charge is 0.462 e. The van der Waals surface area contributed by atoms with E-state index in [1.165, 1.54) is 6.07 Å². The zero-order valence-electron chi connectivity index (χ0n) is 9.43. The van der Waals surface area contributed by atoms with E-state index < -0.39 is 21.8 Å². The maximum Gasteiger partial charge on any atom is 0.303 e. The fourth-order valence-corrected chi connectivity index (χ4v) is 2.65. The molecule has 0 bridgehead atoms. The van der Waals surface area contributed by atoms with Crippen LogP contribution in [0.4, 0.5) is 0 Å². The normalized spacial score (nSPS) is 23.3. The van der Waals surface area contributed by atoms with Crippen molar-refractivity contribution in [1.82, 2.24) is 0 Å². The SMILES string of the molecule is CC(C)(C)C1Oc2ccccc2S(=O)(=O)O1. The van der Waals surface area contributed by atoms with Crippen LogP contribution in [0.15, 0.2) is 29.2 Å². The molecule has 1 aromatic carbocycles. The molecule has 0 spiro atoms. The molecule has 0 fully saturated rings. The lowest BCUT2D eigenvalue weighted by atomic mass is 9.96. The van der Waals surface area contributed by atoms with Crippen LogP contribution in [0.1, 0.15) is 20.8 Å². The van der Waals surface area contributed by atoms with Crippen LogP contribution in [0.2, 0.25) is 0 Å². The van der Waals surface area contributed by atoms with Gasteiger partial charge in [-0.1, -0.05) is 32.9 Å². The lowest BCUT2D eigenvalue weighted by Crippen LogP contribution is -2.39. The predicted octanol–water partition coefficient (Wildman–Crippen LogP) is 2.16. The molecule has 0 aliphatic carbocycles. The lowest BCUT2D eigenvalue weighted by molar-refractivity contribution is -0.0781. The fourth-order valence-electron chi connectivity index (χ4n) is 1.38. The maximum absolute atomic E-state index is 11.8. The summed E-state index contributed by atoms with van der Waals surface area (Å²) in [6, 6.07) is 6.48. The Hall–Kier alpha value is -1.07. The van der Waals surface area contributed by atoms with Crippen molar-refractivity contribution in [3.63, 3.8) is 0 Å². The quantitative estimate of drug-likeness (QED) is 0.654. The first-order valence-corrected chi connectivity index (χ1v) is 6.40. The molecule has 16 heavy (non-hydrogen) atoms. The zero-order valence-corrected chi connectivity index (χ0v) is 10.2. The molecule has 2 rings (SSSR count). The van der Waals surface area contributed by atoms with Crippen LogP contribution in [0.5, 0.6) is 5.75 Å². The van der Waals surface area contributed by atoms with Crippen molar-refractivity contribution >= 4 is 10.1 Å². The monoisotopic (exact) mass is 242 g/mol. The van der Waals surface area contributed by atoms with E-state index in [1.54, 1.807) is 18.2 Å². The number of benzene rings is 1. The fraction of sp³-hybridized carbons (Fsp3) is 0.455. The van der Waals surface area contributed by atoms with Crippen molar-refractivity contribution in [2.75, 3.05) is 0 Å². The first kappa shape index (κ1) is 11.4. The lowest BCUT2D eigenvalue weighted by Gasteiger charge is -2.33. The van der Waals surface area contributed by atoms with Crippen LogP contribution in [0, 0.1) is 5.41 Å². The number of fused-ring (bicyclic) bond motifs is 1. The van der Waals surface area contributed by atoms with Crippen molar-refractivity contribution < 1.29 is 17.3 Å². The Labute approximate surface area is 95.3 Å². The summed E-state index contributed by atoms with van der Waals surface area (Å²) in [7, 11) is -3.70. The highest BCUT2D eigenvalue weighted by Gasteiger charge is 2.39. The molecule has 1 aliphatic heterocycles. The zero-order chi connectivity index (χ0) is 12.0. The number of rotatable bonds is 0. The minimum absolute atomic E-state index is 0.0931. The molecule has 0 saturated carbocycles. The summed E-state index contributed by atoms with van der Waals surface area (Å²) < 4.78 is 34.2. The standard InChI is InChI=1S/C11H14O4S/c1-11(2,3)10-14-8-6-4-5-7-9(8)16(12,13)15-10/h4-7,10H,1-3H3. The first-order valence-electron chi connectivity index (χ1n) is 5.00. The van der Waals surface area contributed by atoms with E-state index in [9.17, 15) is 8.42 Å². The van der Waals surface area contributed by atoms with Gasteiger partial charge in [0, 0.05) is 5.41 Å². The van der Waals surface area contributed by atoms with Crippen LogP contribution in [0.3, 0.4) is 0 Å². The summed E-state index contributed by atoms with van der Waals surface area (Å²) >= 11 is 0. The van der Waals surface area contributed by atoms with Gasteiger partial charge in [0.05, 0.1) is 0 Å². The molecule has 0 N–H and O–H groups in total. The number of ether oxygens (including phenoxy) is 1. The van der Waals surface area contributed by atoms with E-state index in [0.29, 0.717) is 5.75 Å². The van der Waals surface area contributed by atoms with Gasteiger partial charge in [-0.3, -0.25) is 0 Å². The Balaban J connectivity index is 2.50. The molecular formula is C11H14O4S. The topological polar surface area (TPSA) is 52.6 Å². The highest BCUT2D eigenvalue weighted by molar-refractivity contribution is 7.87. The summed E-state index contributed by atoms with van der Waals surface area (Å²) in [4.78, 5) is 0.0931. The van der Waals surface area contributed by atoms with Gasteiger partial charge in [-0.05, 0) is 12.1 Å².